The molecule has 0 bridgehead atoms. The van der Waals surface area contributed by atoms with Gasteiger partial charge < -0.3 is 19.7 Å². The average Bonchev–Trinajstić information content (AvgIpc) is 3.10. The van der Waals surface area contributed by atoms with E-state index in [1.54, 1.807) is 11.0 Å². The minimum Gasteiger partial charge on any atom is -0.459 e. The van der Waals surface area contributed by atoms with Gasteiger partial charge in [0.1, 0.15) is 17.2 Å². The molecule has 118 valence electrons. The molecule has 6 heteroatoms. The predicted octanol–water partition coefficient (Wildman–Crippen LogP) is 2.55. The van der Waals surface area contributed by atoms with E-state index in [0.717, 1.165) is 23.8 Å². The fourth-order valence-electron chi connectivity index (χ4n) is 2.96. The maximum Gasteiger partial charge on any atom is 0.318 e. The normalized spacial score (nSPS) is 18.1. The van der Waals surface area contributed by atoms with E-state index in [2.05, 4.69) is 5.32 Å². The van der Waals surface area contributed by atoms with E-state index in [4.69, 9.17) is 4.42 Å². The number of aliphatic hydroxyl groups is 1. The third kappa shape index (κ3) is 2.66. The Hall–Kier alpha value is -2.08. The number of benzene rings is 1. The van der Waals surface area contributed by atoms with Crippen LogP contribution in [0.15, 0.2) is 22.6 Å². The quantitative estimate of drug-likeness (QED) is 0.916. The number of likely N-dealkylation sites (tertiary alicyclic amines) is 1. The Bertz CT molecular complexity index is 698. The van der Waals surface area contributed by atoms with Crippen LogP contribution in [0, 0.1) is 12.7 Å². The van der Waals surface area contributed by atoms with E-state index in [1.165, 1.54) is 12.1 Å². The molecule has 2 N–H and O–H groups in total. The highest BCUT2D eigenvalue weighted by atomic mass is 19.1. The van der Waals surface area contributed by atoms with Gasteiger partial charge in [0.25, 0.3) is 0 Å². The molecule has 1 aromatic heterocycles. The first-order chi connectivity index (χ1) is 10.6. The molecule has 0 radical (unpaired) electrons. The Kier molecular flexibility index (Phi) is 4.02. The Balaban J connectivity index is 1.71. The van der Waals surface area contributed by atoms with Crippen LogP contribution in [0.5, 0.6) is 0 Å². The van der Waals surface area contributed by atoms with Gasteiger partial charge in [0.05, 0.1) is 19.2 Å². The number of nitrogens with one attached hydrogen (secondary N) is 1. The van der Waals surface area contributed by atoms with Gasteiger partial charge in [-0.05, 0) is 38.0 Å². The third-order valence-electron chi connectivity index (χ3n) is 4.25. The first kappa shape index (κ1) is 14.8. The van der Waals surface area contributed by atoms with Gasteiger partial charge in [0.2, 0.25) is 0 Å². The van der Waals surface area contributed by atoms with Crippen molar-refractivity contribution >= 4 is 17.0 Å². The lowest BCUT2D eigenvalue weighted by Crippen LogP contribution is -2.43. The summed E-state index contributed by atoms with van der Waals surface area (Å²) in [5.74, 6) is 0.309. The number of carbonyl (C=O) groups is 1. The Morgan fingerprint density at radius 2 is 2.36 bits per heavy atom. The second-order valence-corrected chi connectivity index (χ2v) is 5.62. The SMILES string of the molecule is Cc1c(CNC(=O)N2CCCC2CO)oc2ccc(F)cc12. The lowest BCUT2D eigenvalue weighted by atomic mass is 10.1. The highest BCUT2D eigenvalue weighted by Crippen LogP contribution is 2.26. The molecule has 22 heavy (non-hydrogen) atoms. The summed E-state index contributed by atoms with van der Waals surface area (Å²) in [6, 6.07) is 4.06. The number of aliphatic hydroxyl groups excluding tert-OH is 1. The van der Waals surface area contributed by atoms with Gasteiger partial charge in [-0.25, -0.2) is 9.18 Å². The van der Waals surface area contributed by atoms with Crippen LogP contribution in [0.3, 0.4) is 0 Å². The van der Waals surface area contributed by atoms with Gasteiger partial charge in [-0.1, -0.05) is 0 Å². The summed E-state index contributed by atoms with van der Waals surface area (Å²) in [5.41, 5.74) is 1.44. The average molecular weight is 306 g/mol. The van der Waals surface area contributed by atoms with Gasteiger partial charge >= 0.3 is 6.03 Å². The fraction of sp³-hybridized carbons (Fsp3) is 0.438. The largest absolute Gasteiger partial charge is 0.459 e. The third-order valence-corrected chi connectivity index (χ3v) is 4.25. The highest BCUT2D eigenvalue weighted by molar-refractivity contribution is 5.82. The van der Waals surface area contributed by atoms with E-state index in [0.29, 0.717) is 17.9 Å². The van der Waals surface area contributed by atoms with E-state index in [1.807, 2.05) is 6.92 Å². The fourth-order valence-corrected chi connectivity index (χ4v) is 2.96. The van der Waals surface area contributed by atoms with Gasteiger partial charge in [0, 0.05) is 17.5 Å². The van der Waals surface area contributed by atoms with Crippen molar-refractivity contribution in [3.05, 3.63) is 35.3 Å². The van der Waals surface area contributed by atoms with Crippen molar-refractivity contribution in [2.24, 2.45) is 0 Å². The van der Waals surface area contributed by atoms with Crippen LogP contribution in [0.25, 0.3) is 11.0 Å². The zero-order valence-corrected chi connectivity index (χ0v) is 12.4. The number of urea groups is 1. The Labute approximate surface area is 127 Å². The second-order valence-electron chi connectivity index (χ2n) is 5.62. The van der Waals surface area contributed by atoms with Crippen molar-refractivity contribution in [1.29, 1.82) is 0 Å². The highest BCUT2D eigenvalue weighted by Gasteiger charge is 2.28. The molecule has 1 saturated heterocycles. The van der Waals surface area contributed by atoms with Crippen molar-refractivity contribution in [3.63, 3.8) is 0 Å². The minimum atomic E-state index is -0.310. The monoisotopic (exact) mass is 306 g/mol. The molecule has 1 unspecified atom stereocenters. The number of amides is 2. The molecule has 2 amide bonds. The van der Waals surface area contributed by atoms with Crippen LogP contribution in [0.1, 0.15) is 24.2 Å². The maximum absolute atomic E-state index is 13.3. The lowest BCUT2D eigenvalue weighted by molar-refractivity contribution is 0.156. The van der Waals surface area contributed by atoms with Crippen molar-refractivity contribution in [3.8, 4) is 0 Å². The summed E-state index contributed by atoms with van der Waals surface area (Å²) in [6.07, 6.45) is 1.73. The van der Waals surface area contributed by atoms with Crippen LogP contribution in [-0.4, -0.2) is 35.2 Å². The number of furan rings is 1. The molecule has 5 nitrogen and oxygen atoms in total. The van der Waals surface area contributed by atoms with Crippen molar-refractivity contribution in [1.82, 2.24) is 10.2 Å². The summed E-state index contributed by atoms with van der Waals surface area (Å²) >= 11 is 0. The van der Waals surface area contributed by atoms with Crippen LogP contribution in [0.4, 0.5) is 9.18 Å². The van der Waals surface area contributed by atoms with Gasteiger partial charge in [0.15, 0.2) is 0 Å². The van der Waals surface area contributed by atoms with E-state index < -0.39 is 0 Å². The van der Waals surface area contributed by atoms with Crippen molar-refractivity contribution in [2.75, 3.05) is 13.2 Å². The molecule has 1 fully saturated rings. The molecule has 1 atom stereocenters. The maximum atomic E-state index is 13.3. The molecule has 1 aliphatic heterocycles. The van der Waals surface area contributed by atoms with E-state index >= 15 is 0 Å². The Morgan fingerprint density at radius 3 is 3.14 bits per heavy atom. The van der Waals surface area contributed by atoms with Crippen LogP contribution in [-0.2, 0) is 6.54 Å². The number of rotatable bonds is 3. The molecule has 0 saturated carbocycles. The molecule has 0 aliphatic carbocycles. The number of fused-ring (bicyclic) bond motifs is 1. The molecule has 1 aromatic carbocycles. The van der Waals surface area contributed by atoms with Gasteiger partial charge in [-0.2, -0.15) is 0 Å². The zero-order valence-electron chi connectivity index (χ0n) is 12.4. The van der Waals surface area contributed by atoms with E-state index in [-0.39, 0.29) is 31.0 Å². The van der Waals surface area contributed by atoms with E-state index in [9.17, 15) is 14.3 Å². The summed E-state index contributed by atoms with van der Waals surface area (Å²) in [5, 5.41) is 12.8. The van der Waals surface area contributed by atoms with Gasteiger partial charge in [-0.15, -0.1) is 0 Å². The number of hydrogen-bond donors (Lipinski definition) is 2. The summed E-state index contributed by atoms with van der Waals surface area (Å²) in [7, 11) is 0. The van der Waals surface area contributed by atoms with Gasteiger partial charge in [-0.3, -0.25) is 0 Å². The van der Waals surface area contributed by atoms with Crippen LogP contribution >= 0.6 is 0 Å². The first-order valence-corrected chi connectivity index (χ1v) is 7.43. The predicted molar refractivity (Wildman–Crippen MR) is 80.0 cm³/mol. The molecule has 2 heterocycles. The summed E-state index contributed by atoms with van der Waals surface area (Å²) in [4.78, 5) is 13.8. The Morgan fingerprint density at radius 1 is 1.55 bits per heavy atom. The second kappa shape index (κ2) is 5.96. The summed E-state index contributed by atoms with van der Waals surface area (Å²) in [6.45, 7) is 2.73. The van der Waals surface area contributed by atoms with Crippen molar-refractivity contribution in [2.45, 2.75) is 32.4 Å². The lowest BCUT2D eigenvalue weighted by Gasteiger charge is -2.23. The number of halogens is 1. The number of hydrogen-bond acceptors (Lipinski definition) is 3. The molecule has 0 spiro atoms. The molecule has 2 aromatic rings. The van der Waals surface area contributed by atoms with Crippen LogP contribution < -0.4 is 5.32 Å². The topological polar surface area (TPSA) is 65.7 Å². The van der Waals surface area contributed by atoms with Crippen molar-refractivity contribution < 1.29 is 18.7 Å². The smallest absolute Gasteiger partial charge is 0.318 e. The molecular weight excluding hydrogens is 287 g/mol. The standard InChI is InChI=1S/C16H19FN2O3/c1-10-13-7-11(17)4-5-14(13)22-15(10)8-18-16(21)19-6-2-3-12(19)9-20/h4-5,7,12,20H,2-3,6,8-9H2,1H3,(H,18,21). The molecule has 3 rings (SSSR count). The molecule has 1 aliphatic rings. The first-order valence-electron chi connectivity index (χ1n) is 7.43. The molecular formula is C16H19FN2O3. The number of nitrogens with zero attached hydrogens (tertiary/aromatic N) is 1. The van der Waals surface area contributed by atoms with Crippen LogP contribution in [0.2, 0.25) is 0 Å². The number of aryl methyl sites for hydroxylation is 1. The zero-order chi connectivity index (χ0) is 15.7. The minimum absolute atomic E-state index is 0.0175. The summed E-state index contributed by atoms with van der Waals surface area (Å²) < 4.78 is 19.0. The number of carbonyl (C=O) groups excluding carboxylic acids is 1.